The summed E-state index contributed by atoms with van der Waals surface area (Å²) in [6.07, 6.45) is 2.55. The Kier molecular flexibility index (Phi) is 4.33. The van der Waals surface area contributed by atoms with Gasteiger partial charge in [-0.25, -0.2) is 8.42 Å². The minimum atomic E-state index is -2.82. The van der Waals surface area contributed by atoms with Crippen molar-refractivity contribution in [1.82, 2.24) is 10.2 Å². The number of sulfone groups is 1. The van der Waals surface area contributed by atoms with Gasteiger partial charge in [0.15, 0.2) is 9.84 Å². The minimum absolute atomic E-state index is 0.00172. The number of thiophene rings is 1. The van der Waals surface area contributed by atoms with E-state index in [9.17, 15) is 13.2 Å². The highest BCUT2D eigenvalue weighted by atomic mass is 32.2. The molecule has 1 unspecified atom stereocenters. The number of hydrogen-bond acceptors (Lipinski definition) is 5. The predicted octanol–water partition coefficient (Wildman–Crippen LogP) is 1.13. The number of amides is 1. The highest BCUT2D eigenvalue weighted by Crippen LogP contribution is 2.22. The molecule has 5 nitrogen and oxygen atoms in total. The molecule has 0 aromatic carbocycles. The first-order valence-electron chi connectivity index (χ1n) is 7.31. The SMILES string of the molecule is O=C(NC1CCN(C2CCS(=O)(=O)C2)CC1)c1ccsc1. The second-order valence-electron chi connectivity index (χ2n) is 5.85. The summed E-state index contributed by atoms with van der Waals surface area (Å²) in [7, 11) is -2.82. The maximum atomic E-state index is 12.0. The van der Waals surface area contributed by atoms with Crippen LogP contribution >= 0.6 is 11.3 Å². The number of nitrogens with zero attached hydrogens (tertiary/aromatic N) is 1. The fraction of sp³-hybridized carbons (Fsp3) is 0.643. The second-order valence-corrected chi connectivity index (χ2v) is 8.86. The summed E-state index contributed by atoms with van der Waals surface area (Å²) in [6, 6.07) is 2.22. The van der Waals surface area contributed by atoms with E-state index in [-0.39, 0.29) is 18.0 Å². The normalized spacial score (nSPS) is 26.8. The molecule has 0 spiro atoms. The average molecular weight is 328 g/mol. The summed E-state index contributed by atoms with van der Waals surface area (Å²) in [5, 5.41) is 6.83. The Morgan fingerprint density at radius 2 is 2.05 bits per heavy atom. The zero-order valence-electron chi connectivity index (χ0n) is 11.8. The number of rotatable bonds is 3. The molecule has 2 fully saturated rings. The van der Waals surface area contributed by atoms with Gasteiger partial charge in [-0.3, -0.25) is 9.69 Å². The van der Waals surface area contributed by atoms with Crippen LogP contribution in [0.1, 0.15) is 29.6 Å². The highest BCUT2D eigenvalue weighted by Gasteiger charge is 2.34. The molecule has 3 rings (SSSR count). The van der Waals surface area contributed by atoms with Crippen molar-refractivity contribution in [2.45, 2.75) is 31.3 Å². The van der Waals surface area contributed by atoms with Crippen LogP contribution in [0.5, 0.6) is 0 Å². The lowest BCUT2D eigenvalue weighted by Crippen LogP contribution is -2.48. The van der Waals surface area contributed by atoms with Crippen molar-refractivity contribution in [3.8, 4) is 0 Å². The van der Waals surface area contributed by atoms with Gasteiger partial charge < -0.3 is 5.32 Å². The Labute approximate surface area is 129 Å². The van der Waals surface area contributed by atoms with E-state index >= 15 is 0 Å². The van der Waals surface area contributed by atoms with Gasteiger partial charge in [0.1, 0.15) is 0 Å². The molecule has 0 bridgehead atoms. The molecule has 0 radical (unpaired) electrons. The Bertz CT molecular complexity index is 590. The Hall–Kier alpha value is -0.920. The molecule has 2 aliphatic rings. The lowest BCUT2D eigenvalue weighted by atomic mass is 10.0. The molecular formula is C14H20N2O3S2. The first-order chi connectivity index (χ1) is 10.0. The third-order valence-corrected chi connectivity index (χ3v) is 6.81. The van der Waals surface area contributed by atoms with Crippen molar-refractivity contribution in [1.29, 1.82) is 0 Å². The van der Waals surface area contributed by atoms with Gasteiger partial charge in [-0.1, -0.05) is 0 Å². The van der Waals surface area contributed by atoms with Crippen molar-refractivity contribution in [2.24, 2.45) is 0 Å². The van der Waals surface area contributed by atoms with Gasteiger partial charge in [-0.05, 0) is 30.7 Å². The minimum Gasteiger partial charge on any atom is -0.349 e. The van der Waals surface area contributed by atoms with Crippen molar-refractivity contribution < 1.29 is 13.2 Å². The van der Waals surface area contributed by atoms with E-state index in [0.717, 1.165) is 37.9 Å². The van der Waals surface area contributed by atoms with E-state index in [1.165, 1.54) is 11.3 Å². The molecule has 2 aliphatic heterocycles. The number of likely N-dealkylation sites (tertiary alicyclic amines) is 1. The van der Waals surface area contributed by atoms with Crippen LogP contribution in [-0.4, -0.2) is 55.9 Å². The molecule has 1 amide bonds. The molecule has 3 heterocycles. The lowest BCUT2D eigenvalue weighted by molar-refractivity contribution is 0.0898. The van der Waals surface area contributed by atoms with Crippen molar-refractivity contribution in [2.75, 3.05) is 24.6 Å². The fourth-order valence-electron chi connectivity index (χ4n) is 3.13. The van der Waals surface area contributed by atoms with Gasteiger partial charge in [-0.2, -0.15) is 11.3 Å². The Morgan fingerprint density at radius 1 is 1.29 bits per heavy atom. The van der Waals surface area contributed by atoms with Crippen molar-refractivity contribution >= 4 is 27.1 Å². The molecule has 21 heavy (non-hydrogen) atoms. The molecule has 1 atom stereocenters. The number of piperidine rings is 1. The van der Waals surface area contributed by atoms with E-state index in [1.54, 1.807) is 0 Å². The van der Waals surface area contributed by atoms with Crippen LogP contribution in [0.4, 0.5) is 0 Å². The topological polar surface area (TPSA) is 66.5 Å². The second kappa shape index (κ2) is 6.06. The van der Waals surface area contributed by atoms with Gasteiger partial charge in [0.25, 0.3) is 5.91 Å². The Balaban J connectivity index is 1.48. The lowest BCUT2D eigenvalue weighted by Gasteiger charge is -2.35. The van der Waals surface area contributed by atoms with E-state index in [4.69, 9.17) is 0 Å². The van der Waals surface area contributed by atoms with Crippen LogP contribution in [0, 0.1) is 0 Å². The van der Waals surface area contributed by atoms with Crippen molar-refractivity contribution in [3.63, 3.8) is 0 Å². The van der Waals surface area contributed by atoms with Gasteiger partial charge in [0, 0.05) is 36.1 Å². The van der Waals surface area contributed by atoms with Crippen molar-refractivity contribution in [3.05, 3.63) is 22.4 Å². The maximum Gasteiger partial charge on any atom is 0.252 e. The smallest absolute Gasteiger partial charge is 0.252 e. The number of hydrogen-bond donors (Lipinski definition) is 1. The van der Waals surface area contributed by atoms with Gasteiger partial charge in [0.05, 0.1) is 11.5 Å². The quantitative estimate of drug-likeness (QED) is 0.903. The van der Waals surface area contributed by atoms with Gasteiger partial charge in [0.2, 0.25) is 0 Å². The number of carbonyl (C=O) groups is 1. The molecular weight excluding hydrogens is 308 g/mol. The van der Waals surface area contributed by atoms with E-state index in [1.807, 2.05) is 16.8 Å². The van der Waals surface area contributed by atoms with Crippen LogP contribution in [-0.2, 0) is 9.84 Å². The van der Waals surface area contributed by atoms with Gasteiger partial charge in [-0.15, -0.1) is 0 Å². The standard InChI is InChI=1S/C14H20N2O3S2/c17-14(11-3-7-20-9-11)15-12-1-5-16(6-2-12)13-4-8-21(18,19)10-13/h3,7,9,12-13H,1-2,4-6,8,10H2,(H,15,17). The molecule has 1 aromatic rings. The third kappa shape index (κ3) is 3.64. The summed E-state index contributed by atoms with van der Waals surface area (Å²) in [4.78, 5) is 14.3. The monoisotopic (exact) mass is 328 g/mol. The van der Waals surface area contributed by atoms with Crippen LogP contribution in [0.2, 0.25) is 0 Å². The zero-order valence-corrected chi connectivity index (χ0v) is 13.5. The van der Waals surface area contributed by atoms with E-state index < -0.39 is 9.84 Å². The fourth-order valence-corrected chi connectivity index (χ4v) is 5.53. The molecule has 0 aliphatic carbocycles. The summed E-state index contributed by atoms with van der Waals surface area (Å²) < 4.78 is 23.1. The van der Waals surface area contributed by atoms with Crippen LogP contribution in [0.15, 0.2) is 16.8 Å². The molecule has 116 valence electrons. The predicted molar refractivity (Wildman–Crippen MR) is 83.4 cm³/mol. The van der Waals surface area contributed by atoms with E-state index in [2.05, 4.69) is 10.2 Å². The highest BCUT2D eigenvalue weighted by molar-refractivity contribution is 7.91. The summed E-state index contributed by atoms with van der Waals surface area (Å²) in [6.45, 7) is 1.74. The zero-order chi connectivity index (χ0) is 14.9. The molecule has 1 N–H and O–H groups in total. The van der Waals surface area contributed by atoms with E-state index in [0.29, 0.717) is 11.5 Å². The average Bonchev–Trinajstić information content (AvgIpc) is 3.09. The van der Waals surface area contributed by atoms with Gasteiger partial charge >= 0.3 is 0 Å². The summed E-state index contributed by atoms with van der Waals surface area (Å²) in [5.41, 5.74) is 0.726. The van der Waals surface area contributed by atoms with Crippen LogP contribution in [0.3, 0.4) is 0 Å². The molecule has 0 saturated carbocycles. The summed E-state index contributed by atoms with van der Waals surface area (Å²) in [5.74, 6) is 0.629. The maximum absolute atomic E-state index is 12.0. The van der Waals surface area contributed by atoms with Crippen LogP contribution < -0.4 is 5.32 Å². The largest absolute Gasteiger partial charge is 0.349 e. The molecule has 1 aromatic heterocycles. The first-order valence-corrected chi connectivity index (χ1v) is 10.1. The molecule has 2 saturated heterocycles. The summed E-state index contributed by atoms with van der Waals surface area (Å²) >= 11 is 1.52. The first kappa shape index (κ1) is 15.0. The van der Waals surface area contributed by atoms with Crippen LogP contribution in [0.25, 0.3) is 0 Å². The number of nitrogens with one attached hydrogen (secondary N) is 1. The molecule has 7 heteroatoms. The third-order valence-electron chi connectivity index (χ3n) is 4.37. The Morgan fingerprint density at radius 3 is 2.62 bits per heavy atom. The number of carbonyl (C=O) groups excluding carboxylic acids is 1.